The topological polar surface area (TPSA) is 9.23 Å². The van der Waals surface area contributed by atoms with Crippen LogP contribution in [0.4, 0.5) is 0 Å². The maximum absolute atomic E-state index is 5.86. The SMILES string of the molecule is CSc1ccc(SC)c(OC2CC2)c1. The minimum atomic E-state index is 0.484. The van der Waals surface area contributed by atoms with Crippen LogP contribution in [0.2, 0.25) is 0 Å². The molecule has 2 rings (SSSR count). The van der Waals surface area contributed by atoms with Crippen LogP contribution >= 0.6 is 23.5 Å². The van der Waals surface area contributed by atoms with Crippen molar-refractivity contribution in [2.45, 2.75) is 28.7 Å². The number of rotatable bonds is 4. The molecule has 0 amide bonds. The van der Waals surface area contributed by atoms with Gasteiger partial charge in [0.2, 0.25) is 0 Å². The van der Waals surface area contributed by atoms with Gasteiger partial charge in [0.25, 0.3) is 0 Å². The molecule has 1 saturated carbocycles. The van der Waals surface area contributed by atoms with Crippen molar-refractivity contribution >= 4 is 23.5 Å². The molecule has 0 bridgehead atoms. The van der Waals surface area contributed by atoms with Gasteiger partial charge >= 0.3 is 0 Å². The molecule has 0 spiro atoms. The van der Waals surface area contributed by atoms with E-state index < -0.39 is 0 Å². The molecule has 0 saturated heterocycles. The average Bonchev–Trinajstić information content (AvgIpc) is 3.01. The summed E-state index contributed by atoms with van der Waals surface area (Å²) in [5.41, 5.74) is 0. The van der Waals surface area contributed by atoms with Crippen molar-refractivity contribution < 1.29 is 4.74 Å². The van der Waals surface area contributed by atoms with Crippen LogP contribution in [0.5, 0.6) is 5.75 Å². The lowest BCUT2D eigenvalue weighted by atomic mass is 10.3. The van der Waals surface area contributed by atoms with Gasteiger partial charge in [-0.25, -0.2) is 0 Å². The highest BCUT2D eigenvalue weighted by molar-refractivity contribution is 7.99. The molecule has 0 radical (unpaired) electrons. The van der Waals surface area contributed by atoms with Crippen LogP contribution in [0.25, 0.3) is 0 Å². The molecule has 0 unspecified atom stereocenters. The van der Waals surface area contributed by atoms with Gasteiger partial charge in [0.1, 0.15) is 5.75 Å². The van der Waals surface area contributed by atoms with Gasteiger partial charge in [0.05, 0.1) is 6.10 Å². The Kier molecular flexibility index (Phi) is 3.29. The van der Waals surface area contributed by atoms with Crippen LogP contribution in [0, 0.1) is 0 Å². The highest BCUT2D eigenvalue weighted by Gasteiger charge is 2.24. The van der Waals surface area contributed by atoms with Crippen LogP contribution in [-0.2, 0) is 0 Å². The average molecular weight is 226 g/mol. The molecular weight excluding hydrogens is 212 g/mol. The molecule has 1 aromatic rings. The van der Waals surface area contributed by atoms with Crippen molar-refractivity contribution in [1.29, 1.82) is 0 Å². The Labute approximate surface area is 93.6 Å². The van der Waals surface area contributed by atoms with Crippen LogP contribution in [0.15, 0.2) is 28.0 Å². The number of hydrogen-bond acceptors (Lipinski definition) is 3. The van der Waals surface area contributed by atoms with Crippen molar-refractivity contribution in [2.24, 2.45) is 0 Å². The van der Waals surface area contributed by atoms with Crippen molar-refractivity contribution in [3.63, 3.8) is 0 Å². The number of thioether (sulfide) groups is 2. The third kappa shape index (κ3) is 2.39. The van der Waals surface area contributed by atoms with Crippen molar-refractivity contribution in [3.8, 4) is 5.75 Å². The van der Waals surface area contributed by atoms with E-state index in [4.69, 9.17) is 4.74 Å². The highest BCUT2D eigenvalue weighted by Crippen LogP contribution is 2.35. The van der Waals surface area contributed by atoms with Gasteiger partial charge < -0.3 is 4.74 Å². The standard InChI is InChI=1S/C11H14OS2/c1-13-9-5-6-11(14-2)10(7-9)12-8-3-4-8/h5-8H,3-4H2,1-2H3. The first-order chi connectivity index (χ1) is 6.83. The van der Waals surface area contributed by atoms with E-state index in [1.54, 1.807) is 23.5 Å². The molecule has 1 aliphatic rings. The fourth-order valence-electron chi connectivity index (χ4n) is 1.24. The Balaban J connectivity index is 2.21. The lowest BCUT2D eigenvalue weighted by molar-refractivity contribution is 0.295. The normalized spacial score (nSPS) is 15.6. The minimum absolute atomic E-state index is 0.484. The summed E-state index contributed by atoms with van der Waals surface area (Å²) in [7, 11) is 0. The molecule has 0 aliphatic heterocycles. The highest BCUT2D eigenvalue weighted by atomic mass is 32.2. The predicted octanol–water partition coefficient (Wildman–Crippen LogP) is 3.67. The predicted molar refractivity (Wildman–Crippen MR) is 63.7 cm³/mol. The van der Waals surface area contributed by atoms with E-state index in [1.807, 2.05) is 0 Å². The molecule has 0 heterocycles. The summed E-state index contributed by atoms with van der Waals surface area (Å²) in [4.78, 5) is 2.52. The maximum atomic E-state index is 5.86. The zero-order valence-electron chi connectivity index (χ0n) is 8.45. The van der Waals surface area contributed by atoms with E-state index in [-0.39, 0.29) is 0 Å². The molecule has 1 aromatic carbocycles. The molecule has 0 N–H and O–H groups in total. The summed E-state index contributed by atoms with van der Waals surface area (Å²) >= 11 is 3.51. The molecule has 1 fully saturated rings. The second-order valence-corrected chi connectivity index (χ2v) is 5.06. The van der Waals surface area contributed by atoms with Gasteiger partial charge in [-0.3, -0.25) is 0 Å². The van der Waals surface area contributed by atoms with Gasteiger partial charge in [-0.05, 0) is 43.6 Å². The molecular formula is C11H14OS2. The second kappa shape index (κ2) is 4.49. The lowest BCUT2D eigenvalue weighted by Crippen LogP contribution is -1.97. The third-order valence-corrected chi connectivity index (χ3v) is 3.69. The number of hydrogen-bond donors (Lipinski definition) is 0. The largest absolute Gasteiger partial charge is 0.489 e. The third-order valence-electron chi connectivity index (χ3n) is 2.19. The quantitative estimate of drug-likeness (QED) is 0.725. The molecule has 76 valence electrons. The molecule has 1 nitrogen and oxygen atoms in total. The van der Waals surface area contributed by atoms with Crippen molar-refractivity contribution in [3.05, 3.63) is 18.2 Å². The van der Waals surface area contributed by atoms with Gasteiger partial charge in [-0.1, -0.05) is 0 Å². The molecule has 0 aromatic heterocycles. The fourth-order valence-corrected chi connectivity index (χ4v) is 2.18. The van der Waals surface area contributed by atoms with Crippen molar-refractivity contribution in [1.82, 2.24) is 0 Å². The summed E-state index contributed by atoms with van der Waals surface area (Å²) < 4.78 is 5.86. The van der Waals surface area contributed by atoms with Crippen molar-refractivity contribution in [2.75, 3.05) is 12.5 Å². The zero-order chi connectivity index (χ0) is 9.97. The number of ether oxygens (including phenoxy) is 1. The first-order valence-corrected chi connectivity index (χ1v) is 7.17. The van der Waals surface area contributed by atoms with Crippen LogP contribution in [0.1, 0.15) is 12.8 Å². The number of benzene rings is 1. The van der Waals surface area contributed by atoms with E-state index in [0.717, 1.165) is 5.75 Å². The zero-order valence-corrected chi connectivity index (χ0v) is 10.1. The summed E-state index contributed by atoms with van der Waals surface area (Å²) in [6.45, 7) is 0. The van der Waals surface area contributed by atoms with Crippen LogP contribution in [-0.4, -0.2) is 18.6 Å². The first-order valence-electron chi connectivity index (χ1n) is 4.72. The summed E-state index contributed by atoms with van der Waals surface area (Å²) in [6, 6.07) is 6.44. The van der Waals surface area contributed by atoms with Gasteiger partial charge in [0, 0.05) is 9.79 Å². The van der Waals surface area contributed by atoms with Gasteiger partial charge in [-0.2, -0.15) is 0 Å². The summed E-state index contributed by atoms with van der Waals surface area (Å²) in [6.07, 6.45) is 7.11. The van der Waals surface area contributed by atoms with Gasteiger partial charge in [-0.15, -0.1) is 23.5 Å². The first kappa shape index (κ1) is 10.2. The molecule has 0 atom stereocenters. The van der Waals surface area contributed by atoms with Gasteiger partial charge in [0.15, 0.2) is 0 Å². The minimum Gasteiger partial charge on any atom is -0.489 e. The Morgan fingerprint density at radius 1 is 1.21 bits per heavy atom. The molecule has 14 heavy (non-hydrogen) atoms. The Bertz CT molecular complexity index is 321. The van der Waals surface area contributed by atoms with E-state index in [2.05, 4.69) is 30.7 Å². The Morgan fingerprint density at radius 3 is 2.57 bits per heavy atom. The fraction of sp³-hybridized carbons (Fsp3) is 0.455. The van der Waals surface area contributed by atoms with Crippen LogP contribution < -0.4 is 4.74 Å². The van der Waals surface area contributed by atoms with E-state index >= 15 is 0 Å². The monoisotopic (exact) mass is 226 g/mol. The summed E-state index contributed by atoms with van der Waals surface area (Å²) in [5, 5.41) is 0. The lowest BCUT2D eigenvalue weighted by Gasteiger charge is -2.10. The molecule has 3 heteroatoms. The van der Waals surface area contributed by atoms with Crippen LogP contribution in [0.3, 0.4) is 0 Å². The maximum Gasteiger partial charge on any atom is 0.134 e. The Morgan fingerprint density at radius 2 is 2.00 bits per heavy atom. The summed E-state index contributed by atoms with van der Waals surface area (Å²) in [5.74, 6) is 1.06. The second-order valence-electron chi connectivity index (χ2n) is 3.33. The van der Waals surface area contributed by atoms with E-state index in [1.165, 1.54) is 22.6 Å². The van der Waals surface area contributed by atoms with E-state index in [0.29, 0.717) is 6.10 Å². The Hall–Kier alpha value is -0.280. The van der Waals surface area contributed by atoms with E-state index in [9.17, 15) is 0 Å². The smallest absolute Gasteiger partial charge is 0.134 e. The molecule has 1 aliphatic carbocycles.